The molecule has 1 N–H and O–H groups in total. The molecule has 1 saturated heterocycles. The number of carbonyl (C=O) groups excluding carboxylic acids is 2. The molecule has 0 aromatic heterocycles. The zero-order valence-corrected chi connectivity index (χ0v) is 7.46. The Morgan fingerprint density at radius 1 is 1.58 bits per heavy atom. The summed E-state index contributed by atoms with van der Waals surface area (Å²) in [6.45, 7) is 0. The monoisotopic (exact) mass is 170 g/mol. The van der Waals surface area contributed by atoms with Crippen molar-refractivity contribution >= 4 is 11.8 Å². The molecule has 0 unspecified atom stereocenters. The number of hydrogen-bond acceptors (Lipinski definition) is 2. The summed E-state index contributed by atoms with van der Waals surface area (Å²) in [5, 5.41) is 2.67. The Morgan fingerprint density at radius 3 is 2.75 bits per heavy atom. The second kappa shape index (κ2) is 3.56. The second-order valence-electron chi connectivity index (χ2n) is 3.24. The normalized spacial score (nSPS) is 23.2. The van der Waals surface area contributed by atoms with E-state index >= 15 is 0 Å². The van der Waals surface area contributed by atoms with Gasteiger partial charge in [-0.2, -0.15) is 0 Å². The molecule has 0 spiro atoms. The number of carbonyl (C=O) groups is 2. The van der Waals surface area contributed by atoms with Crippen molar-refractivity contribution in [1.29, 1.82) is 0 Å². The Balaban J connectivity index is 2.51. The molecule has 2 amide bonds. The van der Waals surface area contributed by atoms with E-state index in [9.17, 15) is 9.59 Å². The summed E-state index contributed by atoms with van der Waals surface area (Å²) in [5.74, 6) is -0.0236. The predicted octanol–water partition coefficient (Wildman–Crippen LogP) is -0.257. The van der Waals surface area contributed by atoms with Gasteiger partial charge in [-0.3, -0.25) is 9.59 Å². The first-order valence-electron chi connectivity index (χ1n) is 4.12. The van der Waals surface area contributed by atoms with Crippen LogP contribution in [0.1, 0.15) is 19.3 Å². The summed E-state index contributed by atoms with van der Waals surface area (Å²) in [4.78, 5) is 23.8. The molecule has 12 heavy (non-hydrogen) atoms. The lowest BCUT2D eigenvalue weighted by Crippen LogP contribution is -2.48. The molecule has 4 nitrogen and oxygen atoms in total. The average molecular weight is 170 g/mol. The Morgan fingerprint density at radius 2 is 2.25 bits per heavy atom. The zero-order valence-electron chi connectivity index (χ0n) is 7.46. The number of nitrogens with zero attached hydrogens (tertiary/aromatic N) is 1. The van der Waals surface area contributed by atoms with E-state index < -0.39 is 0 Å². The van der Waals surface area contributed by atoms with Crippen molar-refractivity contribution in [2.45, 2.75) is 25.3 Å². The average Bonchev–Trinajstić information content (AvgIpc) is 2.03. The number of piperidine rings is 1. The third-order valence-electron chi connectivity index (χ3n) is 1.97. The molecule has 4 heteroatoms. The van der Waals surface area contributed by atoms with Gasteiger partial charge in [0, 0.05) is 20.5 Å². The molecule has 1 heterocycles. The maximum Gasteiger partial charge on any atom is 0.244 e. The maximum absolute atomic E-state index is 11.4. The van der Waals surface area contributed by atoms with Crippen molar-refractivity contribution in [3.8, 4) is 0 Å². The van der Waals surface area contributed by atoms with Crippen LogP contribution in [0, 0.1) is 0 Å². The highest BCUT2D eigenvalue weighted by molar-refractivity contribution is 5.88. The fraction of sp³-hybridized carbons (Fsp3) is 0.750. The SMILES string of the molecule is CN(C)C(=O)[C@H]1CCCC(=O)N1. The van der Waals surface area contributed by atoms with Crippen molar-refractivity contribution in [2.75, 3.05) is 14.1 Å². The van der Waals surface area contributed by atoms with Gasteiger partial charge >= 0.3 is 0 Å². The van der Waals surface area contributed by atoms with E-state index in [0.29, 0.717) is 6.42 Å². The van der Waals surface area contributed by atoms with Gasteiger partial charge in [0.15, 0.2) is 0 Å². The first-order valence-corrected chi connectivity index (χ1v) is 4.12. The summed E-state index contributed by atoms with van der Waals surface area (Å²) in [6, 6.07) is -0.291. The third kappa shape index (κ3) is 1.96. The van der Waals surface area contributed by atoms with E-state index in [1.807, 2.05) is 0 Å². The van der Waals surface area contributed by atoms with E-state index in [1.165, 1.54) is 4.90 Å². The van der Waals surface area contributed by atoms with E-state index in [1.54, 1.807) is 14.1 Å². The Hall–Kier alpha value is -1.06. The molecule has 0 radical (unpaired) electrons. The lowest BCUT2D eigenvalue weighted by molar-refractivity contribution is -0.136. The van der Waals surface area contributed by atoms with Crippen LogP contribution in [0.5, 0.6) is 0 Å². The molecule has 0 aliphatic carbocycles. The highest BCUT2D eigenvalue weighted by Crippen LogP contribution is 2.09. The molecule has 1 rings (SSSR count). The number of nitrogens with one attached hydrogen (secondary N) is 1. The van der Waals surface area contributed by atoms with Crippen molar-refractivity contribution in [3.63, 3.8) is 0 Å². The van der Waals surface area contributed by atoms with Crippen molar-refractivity contribution in [3.05, 3.63) is 0 Å². The lowest BCUT2D eigenvalue weighted by atomic mass is 10.0. The lowest BCUT2D eigenvalue weighted by Gasteiger charge is -2.24. The molecule has 68 valence electrons. The second-order valence-corrected chi connectivity index (χ2v) is 3.24. The van der Waals surface area contributed by atoms with Crippen molar-refractivity contribution in [2.24, 2.45) is 0 Å². The van der Waals surface area contributed by atoms with Crippen LogP contribution in [-0.4, -0.2) is 36.9 Å². The number of hydrogen-bond donors (Lipinski definition) is 1. The molecule has 1 aliphatic heterocycles. The van der Waals surface area contributed by atoms with Crippen LogP contribution in [-0.2, 0) is 9.59 Å². The molecule has 0 aromatic rings. The first-order chi connectivity index (χ1) is 5.61. The molecular weight excluding hydrogens is 156 g/mol. The van der Waals surface area contributed by atoms with Crippen LogP contribution in [0.4, 0.5) is 0 Å². The molecule has 1 aliphatic rings. The summed E-state index contributed by atoms with van der Waals surface area (Å²) in [5.41, 5.74) is 0. The van der Waals surface area contributed by atoms with Gasteiger partial charge in [0.1, 0.15) is 6.04 Å². The van der Waals surface area contributed by atoms with Crippen molar-refractivity contribution < 1.29 is 9.59 Å². The first kappa shape index (κ1) is 9.03. The smallest absolute Gasteiger partial charge is 0.244 e. The van der Waals surface area contributed by atoms with Gasteiger partial charge < -0.3 is 10.2 Å². The number of amides is 2. The fourth-order valence-corrected chi connectivity index (χ4v) is 1.30. The van der Waals surface area contributed by atoms with E-state index in [4.69, 9.17) is 0 Å². The molecule has 1 atom stereocenters. The van der Waals surface area contributed by atoms with Gasteiger partial charge in [-0.1, -0.05) is 0 Å². The Labute approximate surface area is 71.9 Å². The topological polar surface area (TPSA) is 49.4 Å². The molecule has 0 saturated carbocycles. The molecule has 0 aromatic carbocycles. The molecule has 1 fully saturated rings. The minimum absolute atomic E-state index is 0.0111. The molecular formula is C8H14N2O2. The summed E-state index contributed by atoms with van der Waals surface area (Å²) >= 11 is 0. The van der Waals surface area contributed by atoms with Crippen LogP contribution in [0.25, 0.3) is 0 Å². The summed E-state index contributed by atoms with van der Waals surface area (Å²) in [7, 11) is 3.40. The maximum atomic E-state index is 11.4. The summed E-state index contributed by atoms with van der Waals surface area (Å²) in [6.07, 6.45) is 2.13. The van der Waals surface area contributed by atoms with Gasteiger partial charge in [0.2, 0.25) is 11.8 Å². The molecule has 0 bridgehead atoms. The standard InChI is InChI=1S/C8H14N2O2/c1-10(2)8(12)6-4-3-5-7(11)9-6/h6H,3-5H2,1-2H3,(H,9,11)/t6-/m1/s1. The van der Waals surface area contributed by atoms with Crippen molar-refractivity contribution in [1.82, 2.24) is 10.2 Å². The van der Waals surface area contributed by atoms with E-state index in [-0.39, 0.29) is 17.9 Å². The number of rotatable bonds is 1. The van der Waals surface area contributed by atoms with E-state index in [0.717, 1.165) is 12.8 Å². The van der Waals surface area contributed by atoms with Crippen LogP contribution in [0.3, 0.4) is 0 Å². The fourth-order valence-electron chi connectivity index (χ4n) is 1.30. The highest BCUT2D eigenvalue weighted by Gasteiger charge is 2.25. The zero-order chi connectivity index (χ0) is 9.14. The predicted molar refractivity (Wildman–Crippen MR) is 44.5 cm³/mol. The highest BCUT2D eigenvalue weighted by atomic mass is 16.2. The quantitative estimate of drug-likeness (QED) is 0.589. The Kier molecular flexibility index (Phi) is 2.68. The van der Waals surface area contributed by atoms with Gasteiger partial charge in [-0.15, -0.1) is 0 Å². The van der Waals surface area contributed by atoms with Crippen LogP contribution < -0.4 is 5.32 Å². The largest absolute Gasteiger partial charge is 0.347 e. The third-order valence-corrected chi connectivity index (χ3v) is 1.97. The van der Waals surface area contributed by atoms with Gasteiger partial charge in [-0.05, 0) is 12.8 Å². The Bertz CT molecular complexity index is 201. The van der Waals surface area contributed by atoms with Gasteiger partial charge in [-0.25, -0.2) is 0 Å². The van der Waals surface area contributed by atoms with E-state index in [2.05, 4.69) is 5.32 Å². The van der Waals surface area contributed by atoms with Crippen LogP contribution in [0.2, 0.25) is 0 Å². The van der Waals surface area contributed by atoms with Crippen LogP contribution >= 0.6 is 0 Å². The van der Waals surface area contributed by atoms with Gasteiger partial charge in [0.05, 0.1) is 0 Å². The van der Waals surface area contributed by atoms with Crippen LogP contribution in [0.15, 0.2) is 0 Å². The number of likely N-dealkylation sites (N-methyl/N-ethyl adjacent to an activating group) is 1. The van der Waals surface area contributed by atoms with Gasteiger partial charge in [0.25, 0.3) is 0 Å². The summed E-state index contributed by atoms with van der Waals surface area (Å²) < 4.78 is 0. The minimum atomic E-state index is -0.291. The minimum Gasteiger partial charge on any atom is -0.347 e.